The van der Waals surface area contributed by atoms with Gasteiger partial charge < -0.3 is 15.6 Å². The predicted octanol–water partition coefficient (Wildman–Crippen LogP) is 1.54. The molecule has 0 saturated heterocycles. The van der Waals surface area contributed by atoms with Gasteiger partial charge in [-0.2, -0.15) is 0 Å². The fourth-order valence-corrected chi connectivity index (χ4v) is 1.70. The highest BCUT2D eigenvalue weighted by atomic mass is 127. The van der Waals surface area contributed by atoms with E-state index < -0.39 is 18.7 Å². The number of hydrogen-bond acceptors (Lipinski definition) is 4. The molecule has 1 aromatic rings. The van der Waals surface area contributed by atoms with Crippen molar-refractivity contribution in [2.24, 2.45) is 5.73 Å². The molecule has 1 rings (SSSR count). The Morgan fingerprint density at radius 1 is 1.50 bits per heavy atom. The maximum absolute atomic E-state index is 12.1. The third-order valence-electron chi connectivity index (χ3n) is 1.73. The lowest BCUT2D eigenvalue weighted by Crippen LogP contribution is -2.21. The number of alkyl halides is 3. The van der Waals surface area contributed by atoms with Crippen LogP contribution in [0, 0.1) is 3.57 Å². The van der Waals surface area contributed by atoms with Gasteiger partial charge in [0.25, 0.3) is 0 Å². The number of aliphatic hydroxyl groups is 1. The van der Waals surface area contributed by atoms with Gasteiger partial charge in [0, 0.05) is 21.9 Å². The molecule has 0 amide bonds. The molecule has 0 aliphatic rings. The monoisotopic (exact) mass is 348 g/mol. The van der Waals surface area contributed by atoms with E-state index in [-0.39, 0.29) is 17.8 Å². The van der Waals surface area contributed by atoms with Crippen LogP contribution in [0.2, 0.25) is 0 Å². The van der Waals surface area contributed by atoms with Crippen LogP contribution < -0.4 is 10.5 Å². The zero-order chi connectivity index (χ0) is 12.3. The van der Waals surface area contributed by atoms with Gasteiger partial charge >= 0.3 is 6.36 Å². The molecule has 16 heavy (non-hydrogen) atoms. The van der Waals surface area contributed by atoms with Gasteiger partial charge in [-0.25, -0.2) is 0 Å². The first-order valence-electron chi connectivity index (χ1n) is 4.12. The van der Waals surface area contributed by atoms with Crippen LogP contribution in [0.1, 0.15) is 11.3 Å². The summed E-state index contributed by atoms with van der Waals surface area (Å²) in [4.78, 5) is 3.65. The van der Waals surface area contributed by atoms with E-state index in [1.807, 2.05) is 0 Å². The van der Waals surface area contributed by atoms with Crippen LogP contribution in [-0.2, 0) is 13.2 Å². The van der Waals surface area contributed by atoms with Gasteiger partial charge in [-0.05, 0) is 22.6 Å². The van der Waals surface area contributed by atoms with E-state index in [0.717, 1.165) is 0 Å². The second-order valence-corrected chi connectivity index (χ2v) is 3.93. The minimum Gasteiger partial charge on any atom is -0.403 e. The fraction of sp³-hybridized carbons (Fsp3) is 0.375. The average molecular weight is 348 g/mol. The molecule has 0 bridgehead atoms. The van der Waals surface area contributed by atoms with E-state index in [2.05, 4.69) is 9.72 Å². The van der Waals surface area contributed by atoms with E-state index in [1.54, 1.807) is 22.6 Å². The number of nitrogens with two attached hydrogens (primary N) is 1. The van der Waals surface area contributed by atoms with Crippen LogP contribution in [0.4, 0.5) is 13.2 Å². The van der Waals surface area contributed by atoms with E-state index in [4.69, 9.17) is 10.8 Å². The van der Waals surface area contributed by atoms with Crippen molar-refractivity contribution in [3.8, 4) is 5.75 Å². The van der Waals surface area contributed by atoms with Gasteiger partial charge in [0.15, 0.2) is 5.75 Å². The smallest absolute Gasteiger partial charge is 0.403 e. The molecule has 0 aliphatic heterocycles. The Balaban J connectivity index is 3.25. The number of aliphatic hydroxyl groups excluding tert-OH is 1. The summed E-state index contributed by atoms with van der Waals surface area (Å²) >= 11 is 1.80. The van der Waals surface area contributed by atoms with Crippen molar-refractivity contribution in [3.63, 3.8) is 0 Å². The van der Waals surface area contributed by atoms with Crippen molar-refractivity contribution in [2.45, 2.75) is 19.5 Å². The van der Waals surface area contributed by atoms with Crippen LogP contribution >= 0.6 is 22.6 Å². The standard InChI is InChI=1S/C8H8F3IN2O2/c9-8(10,11)16-7-4(1-13)5(12)2-14-6(7)3-15/h2,15H,1,3,13H2. The molecule has 3 N–H and O–H groups in total. The number of pyridine rings is 1. The molecule has 0 unspecified atom stereocenters. The maximum atomic E-state index is 12.1. The molecule has 0 atom stereocenters. The molecule has 90 valence electrons. The van der Waals surface area contributed by atoms with Gasteiger partial charge in [0.2, 0.25) is 0 Å². The molecule has 8 heteroatoms. The molecule has 0 spiro atoms. The third-order valence-corrected chi connectivity index (χ3v) is 2.66. The first-order valence-corrected chi connectivity index (χ1v) is 5.19. The topological polar surface area (TPSA) is 68.4 Å². The summed E-state index contributed by atoms with van der Waals surface area (Å²) < 4.78 is 40.7. The summed E-state index contributed by atoms with van der Waals surface area (Å²) in [5.74, 6) is -0.510. The Bertz CT molecular complexity index is 384. The molecule has 0 radical (unpaired) electrons. The lowest BCUT2D eigenvalue weighted by atomic mass is 10.2. The van der Waals surface area contributed by atoms with Crippen molar-refractivity contribution in [3.05, 3.63) is 21.0 Å². The third kappa shape index (κ3) is 3.19. The summed E-state index contributed by atoms with van der Waals surface area (Å²) in [6.07, 6.45) is -3.50. The molecule has 0 aromatic carbocycles. The molecular formula is C8H8F3IN2O2. The highest BCUT2D eigenvalue weighted by Gasteiger charge is 2.33. The summed E-state index contributed by atoms with van der Waals surface area (Å²) in [5, 5.41) is 8.87. The molecule has 1 heterocycles. The fourth-order valence-electron chi connectivity index (χ4n) is 1.09. The second-order valence-electron chi connectivity index (χ2n) is 2.77. The minimum atomic E-state index is -4.83. The average Bonchev–Trinajstić information content (AvgIpc) is 2.16. The highest BCUT2D eigenvalue weighted by Crippen LogP contribution is 2.31. The van der Waals surface area contributed by atoms with Crippen molar-refractivity contribution < 1.29 is 23.0 Å². The van der Waals surface area contributed by atoms with Crippen LogP contribution in [0.25, 0.3) is 0 Å². The van der Waals surface area contributed by atoms with Gasteiger partial charge in [-0.1, -0.05) is 0 Å². The molecule has 4 nitrogen and oxygen atoms in total. The second kappa shape index (κ2) is 5.15. The normalized spacial score (nSPS) is 11.6. The van der Waals surface area contributed by atoms with Gasteiger partial charge in [0.05, 0.1) is 6.61 Å². The molecule has 0 fully saturated rings. The number of aromatic nitrogens is 1. The van der Waals surface area contributed by atoms with Crippen LogP contribution in [0.15, 0.2) is 6.20 Å². The lowest BCUT2D eigenvalue weighted by Gasteiger charge is -2.15. The number of nitrogens with zero attached hydrogens (tertiary/aromatic N) is 1. The Kier molecular flexibility index (Phi) is 4.33. The minimum absolute atomic E-state index is 0.126. The lowest BCUT2D eigenvalue weighted by molar-refractivity contribution is -0.275. The molecular weight excluding hydrogens is 340 g/mol. The van der Waals surface area contributed by atoms with E-state index in [9.17, 15) is 13.2 Å². The van der Waals surface area contributed by atoms with E-state index in [1.165, 1.54) is 6.20 Å². The van der Waals surface area contributed by atoms with Crippen LogP contribution in [-0.4, -0.2) is 16.5 Å². The number of rotatable bonds is 3. The van der Waals surface area contributed by atoms with Crippen molar-refractivity contribution in [2.75, 3.05) is 0 Å². The number of halogens is 4. The Morgan fingerprint density at radius 2 is 2.12 bits per heavy atom. The predicted molar refractivity (Wildman–Crippen MR) is 57.5 cm³/mol. The summed E-state index contributed by atoms with van der Waals surface area (Å²) in [7, 11) is 0. The van der Waals surface area contributed by atoms with Gasteiger partial charge in [-0.15, -0.1) is 13.2 Å². The Hall–Kier alpha value is -0.610. The first-order chi connectivity index (χ1) is 7.39. The zero-order valence-electron chi connectivity index (χ0n) is 7.88. The largest absolute Gasteiger partial charge is 0.573 e. The Labute approximate surface area is 103 Å². The van der Waals surface area contributed by atoms with Crippen LogP contribution in [0.5, 0.6) is 5.75 Å². The molecule has 0 saturated carbocycles. The number of ether oxygens (including phenoxy) is 1. The summed E-state index contributed by atoms with van der Waals surface area (Å²) in [5.41, 5.74) is 5.33. The van der Waals surface area contributed by atoms with Crippen molar-refractivity contribution >= 4 is 22.6 Å². The number of hydrogen-bond donors (Lipinski definition) is 2. The quantitative estimate of drug-likeness (QED) is 0.814. The summed E-state index contributed by atoms with van der Waals surface area (Å²) in [6.45, 7) is -0.769. The van der Waals surface area contributed by atoms with E-state index in [0.29, 0.717) is 3.57 Å². The zero-order valence-corrected chi connectivity index (χ0v) is 10.0. The molecule has 0 aliphatic carbocycles. The highest BCUT2D eigenvalue weighted by molar-refractivity contribution is 14.1. The van der Waals surface area contributed by atoms with Crippen LogP contribution in [0.3, 0.4) is 0 Å². The molecule has 1 aromatic heterocycles. The summed E-state index contributed by atoms with van der Waals surface area (Å²) in [6, 6.07) is 0. The van der Waals surface area contributed by atoms with Crippen molar-refractivity contribution in [1.82, 2.24) is 4.98 Å². The van der Waals surface area contributed by atoms with Gasteiger partial charge in [0.1, 0.15) is 5.69 Å². The maximum Gasteiger partial charge on any atom is 0.573 e. The SMILES string of the molecule is NCc1c(I)cnc(CO)c1OC(F)(F)F. The first kappa shape index (κ1) is 13.5. The van der Waals surface area contributed by atoms with E-state index >= 15 is 0 Å². The van der Waals surface area contributed by atoms with Gasteiger partial charge in [-0.3, -0.25) is 4.98 Å². The Morgan fingerprint density at radius 3 is 2.56 bits per heavy atom. The van der Waals surface area contributed by atoms with Crippen molar-refractivity contribution in [1.29, 1.82) is 0 Å².